The lowest BCUT2D eigenvalue weighted by atomic mass is 10.1. The van der Waals surface area contributed by atoms with Crippen LogP contribution in [0.4, 0.5) is 0 Å². The molecule has 0 aliphatic rings. The Morgan fingerprint density at radius 3 is 2.71 bits per heavy atom. The van der Waals surface area contributed by atoms with Crippen LogP contribution in [0.15, 0.2) is 56.8 Å². The van der Waals surface area contributed by atoms with E-state index in [2.05, 4.69) is 17.1 Å². The number of aromatic nitrogens is 3. The smallest absolute Gasteiger partial charge is 0.336 e. The summed E-state index contributed by atoms with van der Waals surface area (Å²) in [6, 6.07) is 13.1. The average Bonchev–Trinajstić information content (AvgIpc) is 3.15. The molecular weight excluding hydrogens is 434 g/mol. The molecule has 0 radical (unpaired) electrons. The van der Waals surface area contributed by atoms with Crippen LogP contribution < -0.4 is 10.4 Å². The molecule has 0 atom stereocenters. The van der Waals surface area contributed by atoms with Gasteiger partial charge in [0.15, 0.2) is 10.8 Å². The summed E-state index contributed by atoms with van der Waals surface area (Å²) in [6.07, 6.45) is 0. The molecule has 2 aromatic carbocycles. The predicted molar refractivity (Wildman–Crippen MR) is 124 cm³/mol. The van der Waals surface area contributed by atoms with Crippen molar-refractivity contribution in [3.05, 3.63) is 74.6 Å². The highest BCUT2D eigenvalue weighted by Gasteiger charge is 2.15. The van der Waals surface area contributed by atoms with Crippen LogP contribution in [0.25, 0.3) is 27.5 Å². The van der Waals surface area contributed by atoms with E-state index in [4.69, 9.17) is 20.8 Å². The lowest BCUT2D eigenvalue weighted by Crippen LogP contribution is -2.01. The minimum Gasteiger partial charge on any atom is -0.497 e. The standard InChI is InChI=1S/C23H18ClN3O3S/c1-12-7-21-25-26-23(27(21)19-9-15(29-3)4-5-16(12)19)31-11-14-8-22(28)30-20-6-13(2)18(24)10-17(14)20/h4-10H,11H2,1-3H3. The number of rotatable bonds is 4. The highest BCUT2D eigenvalue weighted by molar-refractivity contribution is 7.98. The molecule has 0 aliphatic carbocycles. The molecule has 31 heavy (non-hydrogen) atoms. The largest absolute Gasteiger partial charge is 0.497 e. The van der Waals surface area contributed by atoms with Gasteiger partial charge in [0.1, 0.15) is 11.3 Å². The molecule has 6 nitrogen and oxygen atoms in total. The Kier molecular flexibility index (Phi) is 4.87. The molecule has 0 unspecified atom stereocenters. The number of pyridine rings is 1. The van der Waals surface area contributed by atoms with E-state index >= 15 is 0 Å². The van der Waals surface area contributed by atoms with Gasteiger partial charge >= 0.3 is 5.63 Å². The van der Waals surface area contributed by atoms with Crippen molar-refractivity contribution in [1.29, 1.82) is 0 Å². The van der Waals surface area contributed by atoms with Crippen LogP contribution in [0.5, 0.6) is 5.75 Å². The molecule has 8 heteroatoms. The Balaban J connectivity index is 1.62. The van der Waals surface area contributed by atoms with Gasteiger partial charge in [0.05, 0.1) is 12.6 Å². The van der Waals surface area contributed by atoms with Gasteiger partial charge in [0.25, 0.3) is 0 Å². The molecule has 0 aliphatic heterocycles. The summed E-state index contributed by atoms with van der Waals surface area (Å²) in [4.78, 5) is 12.1. The monoisotopic (exact) mass is 451 g/mol. The highest BCUT2D eigenvalue weighted by Crippen LogP contribution is 2.32. The van der Waals surface area contributed by atoms with Crippen LogP contribution in [-0.4, -0.2) is 21.7 Å². The number of methoxy groups -OCH3 is 1. The van der Waals surface area contributed by atoms with E-state index in [0.717, 1.165) is 49.5 Å². The number of fused-ring (bicyclic) bond motifs is 4. The number of hydrogen-bond acceptors (Lipinski definition) is 6. The zero-order valence-corrected chi connectivity index (χ0v) is 18.7. The van der Waals surface area contributed by atoms with Crippen molar-refractivity contribution in [2.75, 3.05) is 7.11 Å². The molecule has 0 N–H and O–H groups in total. The lowest BCUT2D eigenvalue weighted by Gasteiger charge is -2.10. The van der Waals surface area contributed by atoms with E-state index in [-0.39, 0.29) is 5.63 Å². The highest BCUT2D eigenvalue weighted by atomic mass is 35.5. The molecule has 156 valence electrons. The van der Waals surface area contributed by atoms with E-state index in [0.29, 0.717) is 16.4 Å². The van der Waals surface area contributed by atoms with E-state index in [1.54, 1.807) is 13.2 Å². The van der Waals surface area contributed by atoms with Gasteiger partial charge in [-0.05, 0) is 60.9 Å². The van der Waals surface area contributed by atoms with Crippen LogP contribution in [0.2, 0.25) is 5.02 Å². The van der Waals surface area contributed by atoms with E-state index in [1.807, 2.05) is 41.7 Å². The first-order valence-electron chi connectivity index (χ1n) is 9.63. The molecule has 3 aromatic heterocycles. The summed E-state index contributed by atoms with van der Waals surface area (Å²) < 4.78 is 12.8. The summed E-state index contributed by atoms with van der Waals surface area (Å²) in [5.74, 6) is 1.28. The Hall–Kier alpha value is -3.03. The van der Waals surface area contributed by atoms with Gasteiger partial charge in [-0.1, -0.05) is 23.4 Å². The average molecular weight is 452 g/mol. The molecular formula is C23H18ClN3O3S. The van der Waals surface area contributed by atoms with Crippen LogP contribution in [-0.2, 0) is 5.75 Å². The fraction of sp³-hybridized carbons (Fsp3) is 0.174. The minimum absolute atomic E-state index is 0.387. The lowest BCUT2D eigenvalue weighted by molar-refractivity contribution is 0.415. The molecule has 0 amide bonds. The number of aryl methyl sites for hydroxylation is 2. The van der Waals surface area contributed by atoms with Gasteiger partial charge < -0.3 is 9.15 Å². The van der Waals surface area contributed by atoms with Crippen molar-refractivity contribution in [2.45, 2.75) is 24.8 Å². The molecule has 0 saturated heterocycles. The number of benzene rings is 2. The van der Waals surface area contributed by atoms with Crippen molar-refractivity contribution < 1.29 is 9.15 Å². The quantitative estimate of drug-likeness (QED) is 0.263. The van der Waals surface area contributed by atoms with Crippen LogP contribution >= 0.6 is 23.4 Å². The van der Waals surface area contributed by atoms with Crippen molar-refractivity contribution in [3.8, 4) is 5.75 Å². The summed E-state index contributed by atoms with van der Waals surface area (Å²) in [5, 5.41) is 12.0. The Morgan fingerprint density at radius 1 is 1.06 bits per heavy atom. The maximum atomic E-state index is 12.1. The summed E-state index contributed by atoms with van der Waals surface area (Å²) in [6.45, 7) is 3.93. The maximum absolute atomic E-state index is 12.1. The maximum Gasteiger partial charge on any atom is 0.336 e. The Labute approximate surface area is 186 Å². The van der Waals surface area contributed by atoms with Gasteiger partial charge in [-0.3, -0.25) is 4.40 Å². The van der Waals surface area contributed by atoms with Crippen molar-refractivity contribution in [1.82, 2.24) is 14.6 Å². The van der Waals surface area contributed by atoms with Crippen molar-refractivity contribution in [3.63, 3.8) is 0 Å². The number of halogens is 1. The Bertz CT molecular complexity index is 1540. The second kappa shape index (κ2) is 7.59. The van der Waals surface area contributed by atoms with Gasteiger partial charge in [0, 0.05) is 33.7 Å². The summed E-state index contributed by atoms with van der Waals surface area (Å²) in [5.41, 5.74) is 4.69. The third kappa shape index (κ3) is 3.43. The number of hydrogen-bond donors (Lipinski definition) is 0. The SMILES string of the molecule is COc1ccc2c(C)cc3nnc(SCc4cc(=O)oc5cc(C)c(Cl)cc45)n3c2c1. The third-order valence-electron chi connectivity index (χ3n) is 5.34. The summed E-state index contributed by atoms with van der Waals surface area (Å²) >= 11 is 7.82. The first-order valence-corrected chi connectivity index (χ1v) is 11.0. The third-order valence-corrected chi connectivity index (χ3v) is 6.73. The molecule has 0 bridgehead atoms. The van der Waals surface area contributed by atoms with Gasteiger partial charge in [-0.15, -0.1) is 10.2 Å². The van der Waals surface area contributed by atoms with Gasteiger partial charge in [-0.2, -0.15) is 0 Å². The van der Waals surface area contributed by atoms with Crippen LogP contribution in [0.1, 0.15) is 16.7 Å². The molecule has 5 aromatic rings. The Morgan fingerprint density at radius 2 is 1.90 bits per heavy atom. The van der Waals surface area contributed by atoms with Crippen LogP contribution in [0.3, 0.4) is 0 Å². The fourth-order valence-electron chi connectivity index (χ4n) is 3.73. The number of nitrogens with zero attached hydrogens (tertiary/aromatic N) is 3. The van der Waals surface area contributed by atoms with E-state index in [9.17, 15) is 4.79 Å². The van der Waals surface area contributed by atoms with Crippen LogP contribution in [0, 0.1) is 13.8 Å². The molecule has 0 saturated carbocycles. The first kappa shape index (κ1) is 19.9. The number of ether oxygens (including phenoxy) is 1. The molecule has 0 spiro atoms. The zero-order valence-electron chi connectivity index (χ0n) is 17.1. The number of thioether (sulfide) groups is 1. The topological polar surface area (TPSA) is 69.6 Å². The molecule has 3 heterocycles. The van der Waals surface area contributed by atoms with Crippen molar-refractivity contribution in [2.24, 2.45) is 0 Å². The fourth-order valence-corrected chi connectivity index (χ4v) is 4.84. The second-order valence-corrected chi connectivity index (χ2v) is 8.71. The second-order valence-electron chi connectivity index (χ2n) is 7.36. The first-order chi connectivity index (χ1) is 14.9. The van der Waals surface area contributed by atoms with Gasteiger partial charge in [-0.25, -0.2) is 4.79 Å². The zero-order chi connectivity index (χ0) is 21.7. The minimum atomic E-state index is -0.387. The van der Waals surface area contributed by atoms with Gasteiger partial charge in [0.2, 0.25) is 0 Å². The normalized spacial score (nSPS) is 11.6. The molecule has 5 rings (SSSR count). The van der Waals surface area contributed by atoms with E-state index in [1.165, 1.54) is 17.8 Å². The van der Waals surface area contributed by atoms with Crippen molar-refractivity contribution >= 4 is 50.9 Å². The molecule has 0 fully saturated rings. The van der Waals surface area contributed by atoms with E-state index < -0.39 is 0 Å². The predicted octanol–water partition coefficient (Wildman–Crippen LogP) is 5.56. The summed E-state index contributed by atoms with van der Waals surface area (Å²) in [7, 11) is 1.65.